The molecule has 2 aromatic rings. The molecule has 0 unspecified atom stereocenters. The van der Waals surface area contributed by atoms with E-state index in [1.165, 1.54) is 5.56 Å². The summed E-state index contributed by atoms with van der Waals surface area (Å²) >= 11 is 0. The number of rotatable bonds is 4. The number of nitrogens with zero attached hydrogens (tertiary/aromatic N) is 2. The molecule has 0 bridgehead atoms. The number of hydrogen-bond donors (Lipinski definition) is 4. The zero-order valence-electron chi connectivity index (χ0n) is 22.7. The standard InChI is InChI=1S/C24H24N4O2.2C2HF3O2/c25-23(26)20-4-1-3-19(15-20)16-10-13-28(14-11-16)24(30)18-8-6-17(7-9-18)22-21(29)5-2-12-27-22;2*3-2(4,5)1(6)7/h1-4,6-9,12,15-16H,5,10-11,13-14H2,(H3,25,26);2*(H,6,7). The van der Waals surface area contributed by atoms with Gasteiger partial charge in [-0.3, -0.25) is 20.0 Å². The average molecular weight is 629 g/mol. The van der Waals surface area contributed by atoms with Crippen LogP contribution in [0.15, 0.2) is 65.8 Å². The van der Waals surface area contributed by atoms with Crippen LogP contribution in [0.5, 0.6) is 0 Å². The Kier molecular flexibility index (Phi) is 11.9. The van der Waals surface area contributed by atoms with Gasteiger partial charge in [0.05, 0.1) is 0 Å². The van der Waals surface area contributed by atoms with Crippen LogP contribution in [0.3, 0.4) is 0 Å². The minimum Gasteiger partial charge on any atom is -0.475 e. The molecule has 1 amide bonds. The summed E-state index contributed by atoms with van der Waals surface area (Å²) in [6.45, 7) is 1.37. The lowest BCUT2D eigenvalue weighted by Crippen LogP contribution is -2.38. The molecule has 2 aromatic carbocycles. The van der Waals surface area contributed by atoms with Crippen molar-refractivity contribution in [2.75, 3.05) is 13.1 Å². The molecule has 16 heteroatoms. The molecule has 0 atom stereocenters. The second-order valence-corrected chi connectivity index (χ2v) is 9.28. The number of hydrogen-bond acceptors (Lipinski definition) is 6. The van der Waals surface area contributed by atoms with Crippen molar-refractivity contribution in [3.8, 4) is 0 Å². The zero-order valence-corrected chi connectivity index (χ0v) is 22.7. The summed E-state index contributed by atoms with van der Waals surface area (Å²) in [6.07, 6.45) is -4.66. The number of aliphatic imine (C=N–C) groups is 1. The molecule has 5 N–H and O–H groups in total. The van der Waals surface area contributed by atoms with Crippen LogP contribution in [-0.2, 0) is 14.4 Å². The van der Waals surface area contributed by atoms with Crippen molar-refractivity contribution in [3.63, 3.8) is 0 Å². The van der Waals surface area contributed by atoms with Gasteiger partial charge in [0.25, 0.3) is 5.91 Å². The van der Waals surface area contributed by atoms with E-state index >= 15 is 0 Å². The van der Waals surface area contributed by atoms with Crippen LogP contribution in [0.25, 0.3) is 0 Å². The summed E-state index contributed by atoms with van der Waals surface area (Å²) in [5.74, 6) is -5.08. The van der Waals surface area contributed by atoms with E-state index in [1.54, 1.807) is 36.5 Å². The molecule has 0 radical (unpaired) electrons. The minimum absolute atomic E-state index is 0.00695. The van der Waals surface area contributed by atoms with Crippen molar-refractivity contribution in [3.05, 3.63) is 83.1 Å². The molecule has 2 heterocycles. The van der Waals surface area contributed by atoms with Gasteiger partial charge in [0.2, 0.25) is 0 Å². The number of halogens is 6. The molecule has 1 fully saturated rings. The van der Waals surface area contributed by atoms with E-state index in [0.717, 1.165) is 24.0 Å². The lowest BCUT2D eigenvalue weighted by molar-refractivity contribution is -0.193. The molecule has 0 spiro atoms. The number of aliphatic carboxylic acids is 2. The van der Waals surface area contributed by atoms with Crippen LogP contribution in [-0.4, -0.2) is 75.7 Å². The molecular weight excluding hydrogens is 602 g/mol. The molecule has 4 rings (SSSR count). The number of carboxylic acids is 2. The number of ketones is 1. The lowest BCUT2D eigenvalue weighted by Gasteiger charge is -2.32. The van der Waals surface area contributed by atoms with Gasteiger partial charge >= 0.3 is 24.3 Å². The number of Topliss-reactive ketones (excluding diaryl/α,β-unsaturated/α-hetero) is 1. The van der Waals surface area contributed by atoms with Crippen LogP contribution in [0.1, 0.15) is 52.2 Å². The number of likely N-dealkylation sites (tertiary alicyclic amines) is 1. The fourth-order valence-corrected chi connectivity index (χ4v) is 4.02. The number of nitrogens with one attached hydrogen (secondary N) is 1. The maximum atomic E-state index is 12.9. The Morgan fingerprint density at radius 3 is 1.86 bits per heavy atom. The molecule has 2 aliphatic rings. The number of nitrogens with two attached hydrogens (primary N) is 1. The Morgan fingerprint density at radius 1 is 0.886 bits per heavy atom. The fraction of sp³-hybridized carbons (Fsp3) is 0.286. The highest BCUT2D eigenvalue weighted by Gasteiger charge is 2.39. The second-order valence-electron chi connectivity index (χ2n) is 9.28. The third-order valence-electron chi connectivity index (χ3n) is 6.22. The summed E-state index contributed by atoms with van der Waals surface area (Å²) in [7, 11) is 0. The number of carboxylic acid groups (broad SMARTS) is 2. The van der Waals surface area contributed by atoms with Crippen LogP contribution >= 0.6 is 0 Å². The minimum atomic E-state index is -5.08. The van der Waals surface area contributed by atoms with Crippen LogP contribution in [0, 0.1) is 5.41 Å². The summed E-state index contributed by atoms with van der Waals surface area (Å²) in [5.41, 5.74) is 9.33. The predicted octanol–water partition coefficient (Wildman–Crippen LogP) is 4.53. The van der Waals surface area contributed by atoms with E-state index in [-0.39, 0.29) is 17.5 Å². The van der Waals surface area contributed by atoms with E-state index in [4.69, 9.17) is 30.9 Å². The van der Waals surface area contributed by atoms with Crippen molar-refractivity contribution < 1.29 is 55.7 Å². The number of benzene rings is 2. The van der Waals surface area contributed by atoms with E-state index < -0.39 is 24.3 Å². The van der Waals surface area contributed by atoms with Crippen molar-refractivity contribution in [2.24, 2.45) is 10.7 Å². The quantitative estimate of drug-likeness (QED) is 0.219. The highest BCUT2D eigenvalue weighted by Crippen LogP contribution is 2.29. The van der Waals surface area contributed by atoms with Crippen LogP contribution < -0.4 is 5.73 Å². The second kappa shape index (κ2) is 14.9. The highest BCUT2D eigenvalue weighted by atomic mass is 19.4. The molecule has 44 heavy (non-hydrogen) atoms. The molecule has 10 nitrogen and oxygen atoms in total. The summed E-state index contributed by atoms with van der Waals surface area (Å²) in [6, 6.07) is 15.0. The number of piperidine rings is 1. The molecule has 2 aliphatic heterocycles. The first kappa shape index (κ1) is 35.2. The van der Waals surface area contributed by atoms with Crippen LogP contribution in [0.4, 0.5) is 26.3 Å². The lowest BCUT2D eigenvalue weighted by atomic mass is 9.88. The monoisotopic (exact) mass is 628 g/mol. The highest BCUT2D eigenvalue weighted by molar-refractivity contribution is 6.47. The third kappa shape index (κ3) is 10.4. The summed E-state index contributed by atoms with van der Waals surface area (Å²) in [4.78, 5) is 48.7. The fourth-order valence-electron chi connectivity index (χ4n) is 4.02. The van der Waals surface area contributed by atoms with Gasteiger partial charge in [-0.2, -0.15) is 26.3 Å². The molecular formula is C28H26F6N4O6. The topological polar surface area (TPSA) is 174 Å². The van der Waals surface area contributed by atoms with Crippen LogP contribution in [0.2, 0.25) is 0 Å². The first-order chi connectivity index (χ1) is 20.4. The van der Waals surface area contributed by atoms with Crippen molar-refractivity contribution in [1.82, 2.24) is 4.90 Å². The number of alkyl halides is 6. The van der Waals surface area contributed by atoms with Crippen molar-refractivity contribution in [1.29, 1.82) is 5.41 Å². The summed E-state index contributed by atoms with van der Waals surface area (Å²) < 4.78 is 63.5. The largest absolute Gasteiger partial charge is 0.490 e. The number of allylic oxidation sites excluding steroid dienone is 1. The Hall–Kier alpha value is -5.02. The van der Waals surface area contributed by atoms with E-state index in [0.29, 0.717) is 36.7 Å². The van der Waals surface area contributed by atoms with Gasteiger partial charge in [-0.1, -0.05) is 36.4 Å². The van der Waals surface area contributed by atoms with E-state index in [1.807, 2.05) is 23.1 Å². The van der Waals surface area contributed by atoms with E-state index in [2.05, 4.69) is 11.1 Å². The zero-order chi connectivity index (χ0) is 33.2. The van der Waals surface area contributed by atoms with Gasteiger partial charge in [0, 0.05) is 42.4 Å². The Balaban J connectivity index is 0.000000402. The normalized spacial score (nSPS) is 15.2. The first-order valence-corrected chi connectivity index (χ1v) is 12.6. The molecule has 236 valence electrons. The maximum absolute atomic E-state index is 12.9. The third-order valence-corrected chi connectivity index (χ3v) is 6.22. The van der Waals surface area contributed by atoms with Gasteiger partial charge in [-0.25, -0.2) is 9.59 Å². The molecule has 0 aromatic heterocycles. The number of amidine groups is 1. The number of carbonyl (C=O) groups excluding carboxylic acids is 2. The van der Waals surface area contributed by atoms with Gasteiger partial charge in [0.1, 0.15) is 11.5 Å². The molecule has 1 saturated heterocycles. The maximum Gasteiger partial charge on any atom is 0.490 e. The van der Waals surface area contributed by atoms with Crippen molar-refractivity contribution in [2.45, 2.75) is 37.5 Å². The van der Waals surface area contributed by atoms with Gasteiger partial charge in [0.15, 0.2) is 5.78 Å². The molecule has 0 aliphatic carbocycles. The summed E-state index contributed by atoms with van der Waals surface area (Å²) in [5, 5.41) is 21.9. The first-order valence-electron chi connectivity index (χ1n) is 12.6. The number of amides is 1. The average Bonchev–Trinajstić information content (AvgIpc) is 2.97. The van der Waals surface area contributed by atoms with Gasteiger partial charge in [-0.05, 0) is 42.5 Å². The number of carbonyl (C=O) groups is 4. The van der Waals surface area contributed by atoms with Crippen molar-refractivity contribution >= 4 is 35.2 Å². The van der Waals surface area contributed by atoms with E-state index in [9.17, 15) is 35.9 Å². The predicted molar refractivity (Wildman–Crippen MR) is 144 cm³/mol. The smallest absolute Gasteiger partial charge is 0.475 e. The number of nitrogen functional groups attached to an aromatic ring is 1. The van der Waals surface area contributed by atoms with Gasteiger partial charge in [-0.15, -0.1) is 0 Å². The van der Waals surface area contributed by atoms with Gasteiger partial charge < -0.3 is 20.8 Å². The Bertz CT molecular complexity index is 1420. The Labute approximate surface area is 246 Å². The SMILES string of the molecule is N=C(N)c1cccc(C2CCN(C(=O)c3ccc(C4=NC=CCC4=O)cc3)CC2)c1.O=C(O)C(F)(F)F.O=C(O)C(F)(F)F. The molecule has 0 saturated carbocycles. The Morgan fingerprint density at radius 2 is 1.41 bits per heavy atom.